The molecule has 3 aromatic rings. The van der Waals surface area contributed by atoms with Gasteiger partial charge in [0, 0.05) is 38.0 Å². The van der Waals surface area contributed by atoms with E-state index < -0.39 is 0 Å². The highest BCUT2D eigenvalue weighted by Gasteiger charge is 2.20. The van der Waals surface area contributed by atoms with Crippen LogP contribution in [-0.2, 0) is 22.6 Å². The van der Waals surface area contributed by atoms with E-state index in [1.807, 2.05) is 30.3 Å². The Morgan fingerprint density at radius 2 is 2.03 bits per heavy atom. The minimum atomic E-state index is -0.347. The highest BCUT2D eigenvalue weighted by molar-refractivity contribution is 5.91. The first-order chi connectivity index (χ1) is 16.6. The van der Waals surface area contributed by atoms with Crippen molar-refractivity contribution < 1.29 is 23.4 Å². The van der Waals surface area contributed by atoms with Crippen molar-refractivity contribution in [1.82, 2.24) is 9.88 Å². The molecule has 34 heavy (non-hydrogen) atoms. The number of halogens is 1. The Kier molecular flexibility index (Phi) is 7.88. The molecule has 4 rings (SSSR count). The van der Waals surface area contributed by atoms with Crippen molar-refractivity contribution in [2.24, 2.45) is 0 Å². The van der Waals surface area contributed by atoms with Crippen molar-refractivity contribution in [3.63, 3.8) is 0 Å². The van der Waals surface area contributed by atoms with Crippen molar-refractivity contribution in [3.05, 3.63) is 95.6 Å². The van der Waals surface area contributed by atoms with Crippen LogP contribution in [0.25, 0.3) is 6.08 Å². The number of rotatable bonds is 9. The molecule has 1 aromatic heterocycles. The third-order valence-corrected chi connectivity index (χ3v) is 5.46. The van der Waals surface area contributed by atoms with Gasteiger partial charge in [-0.25, -0.2) is 4.39 Å². The van der Waals surface area contributed by atoms with Crippen LogP contribution in [0.4, 0.5) is 4.39 Å². The van der Waals surface area contributed by atoms with Crippen LogP contribution in [0.2, 0.25) is 0 Å². The number of carbonyl (C=O) groups excluding carboxylic acids is 1. The number of aromatic nitrogens is 1. The van der Waals surface area contributed by atoms with Crippen LogP contribution in [0, 0.1) is 5.82 Å². The van der Waals surface area contributed by atoms with Gasteiger partial charge in [0.25, 0.3) is 0 Å². The number of amides is 1. The summed E-state index contributed by atoms with van der Waals surface area (Å²) in [6.45, 7) is 1.99. The second-order valence-corrected chi connectivity index (χ2v) is 8.03. The minimum Gasteiger partial charge on any atom is -0.493 e. The molecule has 1 amide bonds. The summed E-state index contributed by atoms with van der Waals surface area (Å²) < 4.78 is 30.4. The maximum atomic E-state index is 13.5. The Hall–Kier alpha value is -3.71. The molecule has 0 saturated carbocycles. The van der Waals surface area contributed by atoms with Gasteiger partial charge in [0.1, 0.15) is 11.9 Å². The fourth-order valence-corrected chi connectivity index (χ4v) is 3.72. The number of carbonyl (C=O) groups is 1. The summed E-state index contributed by atoms with van der Waals surface area (Å²) in [6.07, 6.45) is 7.35. The Morgan fingerprint density at radius 1 is 1.15 bits per heavy atom. The van der Waals surface area contributed by atoms with Crippen molar-refractivity contribution in [3.8, 4) is 11.5 Å². The Labute approximate surface area is 198 Å². The number of methoxy groups -OCH3 is 1. The number of benzene rings is 2. The standard InChI is InChI=1S/C27H27FN2O4/c1-32-26-15-21(7-9-25(26)34-24-11-13-33-19-24)17-30(18-22-5-3-12-29-16-22)27(31)10-8-20-4-2-6-23(28)14-20/h2-10,12,14-16,24H,11,13,17-19H2,1H3/b10-8+/t24-/m0/s1. The third kappa shape index (κ3) is 6.42. The van der Waals surface area contributed by atoms with Gasteiger partial charge in [-0.15, -0.1) is 0 Å². The Bertz CT molecular complexity index is 1130. The fraction of sp³-hybridized carbons (Fsp3) is 0.259. The maximum absolute atomic E-state index is 13.5. The van der Waals surface area contributed by atoms with E-state index in [0.29, 0.717) is 43.4 Å². The monoisotopic (exact) mass is 462 g/mol. The summed E-state index contributed by atoms with van der Waals surface area (Å²) in [6, 6.07) is 15.5. The van der Waals surface area contributed by atoms with E-state index in [4.69, 9.17) is 14.2 Å². The van der Waals surface area contributed by atoms with Gasteiger partial charge >= 0.3 is 0 Å². The van der Waals surface area contributed by atoms with Crippen LogP contribution in [0.1, 0.15) is 23.1 Å². The molecule has 0 aliphatic carbocycles. The zero-order valence-corrected chi connectivity index (χ0v) is 19.0. The topological polar surface area (TPSA) is 60.9 Å². The van der Waals surface area contributed by atoms with E-state index in [-0.39, 0.29) is 17.8 Å². The van der Waals surface area contributed by atoms with Gasteiger partial charge < -0.3 is 19.1 Å². The van der Waals surface area contributed by atoms with Crippen molar-refractivity contribution in [2.75, 3.05) is 20.3 Å². The van der Waals surface area contributed by atoms with Crippen LogP contribution in [0.3, 0.4) is 0 Å². The second kappa shape index (κ2) is 11.4. The van der Waals surface area contributed by atoms with E-state index in [1.54, 1.807) is 42.6 Å². The first-order valence-electron chi connectivity index (χ1n) is 11.1. The molecule has 1 aliphatic rings. The van der Waals surface area contributed by atoms with Crippen LogP contribution in [0.15, 0.2) is 73.1 Å². The molecule has 0 bridgehead atoms. The largest absolute Gasteiger partial charge is 0.493 e. The normalized spacial score (nSPS) is 15.4. The summed E-state index contributed by atoms with van der Waals surface area (Å²) in [5.74, 6) is 0.710. The minimum absolute atomic E-state index is 0.0105. The van der Waals surface area contributed by atoms with Gasteiger partial charge in [-0.05, 0) is 53.1 Å². The number of ether oxygens (including phenoxy) is 3. The van der Waals surface area contributed by atoms with E-state index in [0.717, 1.165) is 17.5 Å². The van der Waals surface area contributed by atoms with Gasteiger partial charge in [0.2, 0.25) is 5.91 Å². The molecular weight excluding hydrogens is 435 g/mol. The van der Waals surface area contributed by atoms with Crippen molar-refractivity contribution in [2.45, 2.75) is 25.6 Å². The van der Waals surface area contributed by atoms with E-state index in [9.17, 15) is 9.18 Å². The molecule has 2 heterocycles. The zero-order valence-electron chi connectivity index (χ0n) is 19.0. The number of hydrogen-bond donors (Lipinski definition) is 0. The first kappa shape index (κ1) is 23.4. The smallest absolute Gasteiger partial charge is 0.247 e. The average molecular weight is 463 g/mol. The summed E-state index contributed by atoms with van der Waals surface area (Å²) in [7, 11) is 1.59. The lowest BCUT2D eigenvalue weighted by molar-refractivity contribution is -0.127. The second-order valence-electron chi connectivity index (χ2n) is 8.03. The number of nitrogens with zero attached hydrogens (tertiary/aromatic N) is 2. The molecule has 0 radical (unpaired) electrons. The number of hydrogen-bond acceptors (Lipinski definition) is 5. The molecular formula is C27H27FN2O4. The maximum Gasteiger partial charge on any atom is 0.247 e. The number of pyridine rings is 1. The molecule has 0 spiro atoms. The Balaban J connectivity index is 1.53. The SMILES string of the molecule is COc1cc(CN(Cc2cccnc2)C(=O)/C=C/c2cccc(F)c2)ccc1O[C@H]1CCOC1. The predicted molar refractivity (Wildman–Crippen MR) is 127 cm³/mol. The Morgan fingerprint density at radius 3 is 2.76 bits per heavy atom. The lowest BCUT2D eigenvalue weighted by Gasteiger charge is -2.22. The van der Waals surface area contributed by atoms with Gasteiger partial charge in [0.05, 0.1) is 20.3 Å². The lowest BCUT2D eigenvalue weighted by Crippen LogP contribution is -2.28. The molecule has 7 heteroatoms. The molecule has 1 aliphatic heterocycles. The molecule has 6 nitrogen and oxygen atoms in total. The molecule has 0 unspecified atom stereocenters. The summed E-state index contributed by atoms with van der Waals surface area (Å²) in [5.41, 5.74) is 2.42. The molecule has 1 saturated heterocycles. The summed E-state index contributed by atoms with van der Waals surface area (Å²) in [4.78, 5) is 19.0. The predicted octanol–water partition coefficient (Wildman–Crippen LogP) is 4.64. The van der Waals surface area contributed by atoms with Gasteiger partial charge in [-0.3, -0.25) is 9.78 Å². The molecule has 176 valence electrons. The van der Waals surface area contributed by atoms with Gasteiger partial charge in [-0.2, -0.15) is 0 Å². The van der Waals surface area contributed by atoms with Crippen LogP contribution < -0.4 is 9.47 Å². The van der Waals surface area contributed by atoms with Crippen LogP contribution in [-0.4, -0.2) is 42.2 Å². The van der Waals surface area contributed by atoms with Gasteiger partial charge in [0.15, 0.2) is 11.5 Å². The van der Waals surface area contributed by atoms with Crippen molar-refractivity contribution in [1.29, 1.82) is 0 Å². The molecule has 0 N–H and O–H groups in total. The van der Waals surface area contributed by atoms with E-state index in [2.05, 4.69) is 4.98 Å². The van der Waals surface area contributed by atoms with Crippen LogP contribution >= 0.6 is 0 Å². The molecule has 2 aromatic carbocycles. The summed E-state index contributed by atoms with van der Waals surface area (Å²) in [5, 5.41) is 0. The zero-order chi connectivity index (χ0) is 23.8. The molecule has 1 fully saturated rings. The molecule has 1 atom stereocenters. The van der Waals surface area contributed by atoms with Crippen molar-refractivity contribution >= 4 is 12.0 Å². The highest BCUT2D eigenvalue weighted by Crippen LogP contribution is 2.31. The fourth-order valence-electron chi connectivity index (χ4n) is 3.72. The first-order valence-corrected chi connectivity index (χ1v) is 11.1. The quantitative estimate of drug-likeness (QED) is 0.434. The average Bonchev–Trinajstić information content (AvgIpc) is 3.37. The van der Waals surface area contributed by atoms with E-state index >= 15 is 0 Å². The van der Waals surface area contributed by atoms with Gasteiger partial charge in [-0.1, -0.05) is 24.3 Å². The van der Waals surface area contributed by atoms with E-state index in [1.165, 1.54) is 18.2 Å². The third-order valence-electron chi connectivity index (χ3n) is 5.46. The highest BCUT2D eigenvalue weighted by atomic mass is 19.1. The lowest BCUT2D eigenvalue weighted by atomic mass is 10.1. The van der Waals surface area contributed by atoms with Crippen LogP contribution in [0.5, 0.6) is 11.5 Å². The summed E-state index contributed by atoms with van der Waals surface area (Å²) >= 11 is 0.